The van der Waals surface area contributed by atoms with Gasteiger partial charge in [-0.1, -0.05) is 25.5 Å². The van der Waals surface area contributed by atoms with Gasteiger partial charge < -0.3 is 19.7 Å². The molecular formula is C30H40O4. The summed E-state index contributed by atoms with van der Waals surface area (Å²) in [4.78, 5) is 0. The molecule has 0 fully saturated rings. The minimum Gasteiger partial charge on any atom is -0.508 e. The van der Waals surface area contributed by atoms with Gasteiger partial charge in [0.2, 0.25) is 0 Å². The predicted octanol–water partition coefficient (Wildman–Crippen LogP) is 6.94. The lowest BCUT2D eigenvalue weighted by Crippen LogP contribution is -2.33. The van der Waals surface area contributed by atoms with Crippen molar-refractivity contribution < 1.29 is 19.7 Å². The summed E-state index contributed by atoms with van der Waals surface area (Å²) in [5.74, 6) is 2.00. The van der Waals surface area contributed by atoms with Gasteiger partial charge in [-0.3, -0.25) is 0 Å². The highest BCUT2D eigenvalue weighted by Crippen LogP contribution is 2.46. The fourth-order valence-corrected chi connectivity index (χ4v) is 5.16. The Labute approximate surface area is 204 Å². The first-order chi connectivity index (χ1) is 15.9. The van der Waals surface area contributed by atoms with Crippen molar-refractivity contribution in [3.63, 3.8) is 0 Å². The SMILES string of the molecule is CC(C)=CCc1c(CCCc2cc3c(cc2O)OC(C)C3(C)C)cc(O)c2c1CCC(C)(C)O2. The maximum absolute atomic E-state index is 10.8. The van der Waals surface area contributed by atoms with Crippen molar-refractivity contribution in [2.75, 3.05) is 0 Å². The number of benzene rings is 2. The molecule has 0 amide bonds. The summed E-state index contributed by atoms with van der Waals surface area (Å²) >= 11 is 0. The van der Waals surface area contributed by atoms with Gasteiger partial charge >= 0.3 is 0 Å². The molecule has 4 heteroatoms. The molecule has 0 saturated carbocycles. The average Bonchev–Trinajstić information content (AvgIpc) is 2.95. The van der Waals surface area contributed by atoms with E-state index in [1.165, 1.54) is 22.3 Å². The Morgan fingerprint density at radius 3 is 2.44 bits per heavy atom. The molecule has 2 aliphatic heterocycles. The van der Waals surface area contributed by atoms with Crippen LogP contribution in [0.3, 0.4) is 0 Å². The molecule has 1 atom stereocenters. The monoisotopic (exact) mass is 464 g/mol. The second kappa shape index (κ2) is 8.87. The highest BCUT2D eigenvalue weighted by atomic mass is 16.5. The van der Waals surface area contributed by atoms with E-state index in [-0.39, 0.29) is 22.9 Å². The van der Waals surface area contributed by atoms with Crippen molar-refractivity contribution in [1.29, 1.82) is 0 Å². The maximum Gasteiger partial charge on any atom is 0.165 e. The van der Waals surface area contributed by atoms with E-state index in [1.807, 2.05) is 6.07 Å². The maximum atomic E-state index is 10.8. The van der Waals surface area contributed by atoms with E-state index < -0.39 is 0 Å². The van der Waals surface area contributed by atoms with Gasteiger partial charge in [0.25, 0.3) is 0 Å². The van der Waals surface area contributed by atoms with Crippen LogP contribution >= 0.6 is 0 Å². The van der Waals surface area contributed by atoms with Crippen molar-refractivity contribution >= 4 is 0 Å². The third-order valence-corrected chi connectivity index (χ3v) is 7.73. The normalized spacial score (nSPS) is 19.6. The molecule has 0 bridgehead atoms. The van der Waals surface area contributed by atoms with Crippen LogP contribution in [0.15, 0.2) is 29.8 Å². The van der Waals surface area contributed by atoms with Gasteiger partial charge in [0, 0.05) is 22.6 Å². The number of ether oxygens (including phenoxy) is 2. The Kier molecular flexibility index (Phi) is 6.39. The van der Waals surface area contributed by atoms with Crippen molar-refractivity contribution in [3.05, 3.63) is 57.7 Å². The Balaban J connectivity index is 1.59. The molecule has 1 unspecified atom stereocenters. The lowest BCUT2D eigenvalue weighted by molar-refractivity contribution is 0.0802. The number of fused-ring (bicyclic) bond motifs is 2. The molecule has 0 radical (unpaired) electrons. The van der Waals surface area contributed by atoms with Crippen LogP contribution in [0, 0.1) is 0 Å². The molecule has 2 aromatic rings. The molecule has 2 heterocycles. The lowest BCUT2D eigenvalue weighted by Gasteiger charge is -2.34. The highest BCUT2D eigenvalue weighted by molar-refractivity contribution is 5.56. The number of rotatable bonds is 6. The van der Waals surface area contributed by atoms with Crippen LogP contribution in [-0.2, 0) is 31.1 Å². The van der Waals surface area contributed by atoms with Crippen LogP contribution < -0.4 is 9.47 Å². The van der Waals surface area contributed by atoms with E-state index in [2.05, 4.69) is 60.6 Å². The minimum absolute atomic E-state index is 0.0760. The first-order valence-electron chi connectivity index (χ1n) is 12.6. The highest BCUT2D eigenvalue weighted by Gasteiger charge is 2.39. The Morgan fingerprint density at radius 2 is 1.74 bits per heavy atom. The van der Waals surface area contributed by atoms with Gasteiger partial charge in [-0.15, -0.1) is 0 Å². The van der Waals surface area contributed by atoms with Crippen LogP contribution in [0.25, 0.3) is 0 Å². The third-order valence-electron chi connectivity index (χ3n) is 7.73. The average molecular weight is 465 g/mol. The van der Waals surface area contributed by atoms with Crippen LogP contribution in [0.4, 0.5) is 0 Å². The number of phenols is 2. The molecule has 34 heavy (non-hydrogen) atoms. The first-order valence-corrected chi connectivity index (χ1v) is 12.6. The van der Waals surface area contributed by atoms with Gasteiger partial charge in [-0.2, -0.15) is 0 Å². The van der Waals surface area contributed by atoms with Gasteiger partial charge in [0.1, 0.15) is 23.2 Å². The molecular weight excluding hydrogens is 424 g/mol. The van der Waals surface area contributed by atoms with Crippen molar-refractivity contribution in [3.8, 4) is 23.0 Å². The van der Waals surface area contributed by atoms with Gasteiger partial charge in [-0.05, 0) is 102 Å². The molecule has 184 valence electrons. The summed E-state index contributed by atoms with van der Waals surface area (Å²) in [6, 6.07) is 5.80. The van der Waals surface area contributed by atoms with E-state index >= 15 is 0 Å². The topological polar surface area (TPSA) is 58.9 Å². The first kappa shape index (κ1) is 24.5. The molecule has 0 aromatic heterocycles. The smallest absolute Gasteiger partial charge is 0.165 e. The summed E-state index contributed by atoms with van der Waals surface area (Å²) < 4.78 is 12.2. The number of hydrogen-bond acceptors (Lipinski definition) is 4. The van der Waals surface area contributed by atoms with Crippen LogP contribution in [0.2, 0.25) is 0 Å². The Morgan fingerprint density at radius 1 is 1.03 bits per heavy atom. The van der Waals surface area contributed by atoms with Crippen molar-refractivity contribution in [2.24, 2.45) is 0 Å². The number of phenolic OH excluding ortho intramolecular Hbond substituents is 2. The Hall–Kier alpha value is -2.62. The fraction of sp³-hybridized carbons (Fsp3) is 0.533. The zero-order chi connectivity index (χ0) is 24.8. The standard InChI is InChI=1S/C30H40O4/c1-18(2)11-12-22-20(16-26(32)28-23(22)13-14-29(4,5)34-28)9-8-10-21-15-24-27(17-25(21)31)33-19(3)30(24,6)7/h11,15-17,19,31-32H,8-10,12-14H2,1-7H3. The molecule has 4 nitrogen and oxygen atoms in total. The van der Waals surface area contributed by atoms with Crippen LogP contribution in [0.1, 0.15) is 89.1 Å². The number of aryl methyl sites for hydroxylation is 2. The molecule has 0 aliphatic carbocycles. The zero-order valence-corrected chi connectivity index (χ0v) is 21.8. The van der Waals surface area contributed by atoms with Crippen LogP contribution in [-0.4, -0.2) is 21.9 Å². The minimum atomic E-state index is -0.264. The van der Waals surface area contributed by atoms with Gasteiger partial charge in [0.05, 0.1) is 0 Å². The molecule has 2 aromatic carbocycles. The summed E-state index contributed by atoms with van der Waals surface area (Å²) in [6.07, 6.45) is 7.52. The third kappa shape index (κ3) is 4.64. The van der Waals surface area contributed by atoms with E-state index in [1.54, 1.807) is 6.07 Å². The van der Waals surface area contributed by atoms with Crippen LogP contribution in [0.5, 0.6) is 23.0 Å². The van der Waals surface area contributed by atoms with Crippen molar-refractivity contribution in [2.45, 2.75) is 104 Å². The molecule has 4 rings (SSSR count). The largest absolute Gasteiger partial charge is 0.508 e. The number of allylic oxidation sites excluding steroid dienone is 2. The molecule has 0 spiro atoms. The second-order valence-corrected chi connectivity index (χ2v) is 11.5. The molecule has 2 N–H and O–H groups in total. The number of aromatic hydroxyl groups is 2. The van der Waals surface area contributed by atoms with E-state index in [9.17, 15) is 10.2 Å². The molecule has 0 saturated heterocycles. The van der Waals surface area contributed by atoms with Crippen molar-refractivity contribution in [1.82, 2.24) is 0 Å². The predicted molar refractivity (Wildman–Crippen MR) is 138 cm³/mol. The van der Waals surface area contributed by atoms with E-state index in [0.29, 0.717) is 11.5 Å². The van der Waals surface area contributed by atoms with E-state index in [0.717, 1.165) is 55.4 Å². The summed E-state index contributed by atoms with van der Waals surface area (Å²) in [6.45, 7) is 14.9. The lowest BCUT2D eigenvalue weighted by atomic mass is 9.81. The molecule has 2 aliphatic rings. The summed E-state index contributed by atoms with van der Waals surface area (Å²) in [5.41, 5.74) is 6.69. The summed E-state index contributed by atoms with van der Waals surface area (Å²) in [7, 11) is 0. The second-order valence-electron chi connectivity index (χ2n) is 11.5. The fourth-order valence-electron chi connectivity index (χ4n) is 5.16. The Bertz CT molecular complexity index is 1120. The zero-order valence-electron chi connectivity index (χ0n) is 21.8. The van der Waals surface area contributed by atoms with Gasteiger partial charge in [0.15, 0.2) is 11.5 Å². The number of hydrogen-bond donors (Lipinski definition) is 2. The quantitative estimate of drug-likeness (QED) is 0.455. The summed E-state index contributed by atoms with van der Waals surface area (Å²) in [5, 5.41) is 21.5. The van der Waals surface area contributed by atoms with E-state index in [4.69, 9.17) is 9.47 Å². The van der Waals surface area contributed by atoms with Gasteiger partial charge in [-0.25, -0.2) is 0 Å².